The molecule has 0 unspecified atom stereocenters. The molecule has 0 radical (unpaired) electrons. The van der Waals surface area contributed by atoms with Gasteiger partial charge < -0.3 is 18.9 Å². The number of benzene rings is 1. The second kappa shape index (κ2) is 10.2. The number of nitrogens with one attached hydrogen (secondary N) is 2. The molecular weight excluding hydrogens is 583 g/mol. The second-order valence-corrected chi connectivity index (χ2v) is 11.1. The zero-order valence-corrected chi connectivity index (χ0v) is 24.2. The molecule has 1 aromatic carbocycles. The Labute approximate surface area is 259 Å². The van der Waals surface area contributed by atoms with Crippen LogP contribution in [-0.2, 0) is 0 Å². The molecule has 0 amide bonds. The molecule has 0 bridgehead atoms. The third-order valence-corrected chi connectivity index (χ3v) is 8.55. The maximum Gasteiger partial charge on any atom is 0.124 e. The number of H-pyrrole nitrogens is 2. The molecule has 0 fully saturated rings. The lowest BCUT2D eigenvalue weighted by Gasteiger charge is -2.20. The van der Waals surface area contributed by atoms with E-state index in [-0.39, 0.29) is 0 Å². The third kappa shape index (κ3) is 3.95. The van der Waals surface area contributed by atoms with Gasteiger partial charge in [0.15, 0.2) is 0 Å². The molecule has 0 aliphatic carbocycles. The van der Waals surface area contributed by atoms with Gasteiger partial charge in [0.05, 0.1) is 34.5 Å². The van der Waals surface area contributed by atoms with Crippen LogP contribution in [0, 0.1) is 0 Å². The molecule has 11 heteroatoms. The van der Waals surface area contributed by atoms with Crippen molar-refractivity contribution in [3.05, 3.63) is 116 Å². The number of hydrogen-bond donors (Lipinski definition) is 2. The van der Waals surface area contributed by atoms with Crippen LogP contribution in [0.5, 0.6) is 0 Å². The molecule has 45 heavy (non-hydrogen) atoms. The van der Waals surface area contributed by atoms with E-state index >= 15 is 0 Å². The molecule has 2 N–H and O–H groups in total. The number of pyridine rings is 1. The van der Waals surface area contributed by atoms with Crippen LogP contribution in [0.15, 0.2) is 120 Å². The van der Waals surface area contributed by atoms with Gasteiger partial charge in [-0.15, -0.1) is 5.10 Å². The smallest absolute Gasteiger partial charge is 0.124 e. The van der Waals surface area contributed by atoms with Gasteiger partial charge in [-0.2, -0.15) is 9.47 Å². The van der Waals surface area contributed by atoms with Crippen molar-refractivity contribution in [2.75, 3.05) is 0 Å². The molecule has 8 aromatic heterocycles. The fourth-order valence-electron chi connectivity index (χ4n) is 6.23. The highest BCUT2D eigenvalue weighted by Gasteiger charge is 2.32. The summed E-state index contributed by atoms with van der Waals surface area (Å²) in [5, 5.41) is 17.2. The van der Waals surface area contributed by atoms with Crippen LogP contribution in [0.1, 0.15) is 0 Å². The van der Waals surface area contributed by atoms with Crippen LogP contribution in [0.25, 0.3) is 84.0 Å². The fourth-order valence-corrected chi connectivity index (χ4v) is 6.75. The lowest BCUT2D eigenvalue weighted by atomic mass is 9.83. The summed E-state index contributed by atoms with van der Waals surface area (Å²) in [4.78, 5) is 16.6. The lowest BCUT2D eigenvalue weighted by Crippen LogP contribution is -1.99. The summed E-state index contributed by atoms with van der Waals surface area (Å²) in [7, 11) is 0. The van der Waals surface area contributed by atoms with Gasteiger partial charge in [0, 0.05) is 92.9 Å². The summed E-state index contributed by atoms with van der Waals surface area (Å²) >= 11 is 1.40. The number of aromatic amines is 2. The predicted octanol–water partition coefficient (Wildman–Crippen LogP) is 7.78. The maximum atomic E-state index is 5.46. The Morgan fingerprint density at radius 3 is 2.47 bits per heavy atom. The summed E-state index contributed by atoms with van der Waals surface area (Å²) in [6.07, 6.45) is 14.5. The minimum absolute atomic E-state index is 0.649. The Morgan fingerprint density at radius 2 is 1.69 bits per heavy atom. The van der Waals surface area contributed by atoms with E-state index in [0.29, 0.717) is 17.1 Å². The summed E-state index contributed by atoms with van der Waals surface area (Å²) < 4.78 is 12.4. The largest absolute Gasteiger partial charge is 0.364 e. The van der Waals surface area contributed by atoms with E-state index in [9.17, 15) is 0 Å². The van der Waals surface area contributed by atoms with Crippen molar-refractivity contribution < 1.29 is 4.52 Å². The molecule has 0 spiro atoms. The van der Waals surface area contributed by atoms with E-state index < -0.39 is 0 Å². The quantitative estimate of drug-likeness (QED) is 0.199. The molecule has 9 rings (SSSR count). The first-order valence-corrected chi connectivity index (χ1v) is 15.0. The number of aromatic nitrogens is 9. The van der Waals surface area contributed by atoms with Crippen molar-refractivity contribution in [1.29, 1.82) is 0 Å². The fraction of sp³-hybridized carbons (Fsp3) is 0. The van der Waals surface area contributed by atoms with Crippen LogP contribution < -0.4 is 0 Å². The van der Waals surface area contributed by atoms with E-state index in [1.807, 2.05) is 60.2 Å². The Hall–Kier alpha value is -6.20. The number of hydrogen-bond acceptors (Lipinski definition) is 8. The van der Waals surface area contributed by atoms with E-state index in [0.717, 1.165) is 66.9 Å². The van der Waals surface area contributed by atoms with Crippen molar-refractivity contribution in [3.63, 3.8) is 0 Å². The SMILES string of the molecule is c1cnnc(-c2[nH]c(-c3ccn4ccccc34)c3c(-c4ccc[nH]4)c(-c4ccsn4)c(-c4ccon4)c(-c4cnccn4)c23)c1. The van der Waals surface area contributed by atoms with Crippen molar-refractivity contribution in [1.82, 2.24) is 44.1 Å². The van der Waals surface area contributed by atoms with Crippen LogP contribution in [-0.4, -0.2) is 44.1 Å². The van der Waals surface area contributed by atoms with E-state index in [1.165, 1.54) is 11.5 Å². The normalized spacial score (nSPS) is 11.6. The summed E-state index contributed by atoms with van der Waals surface area (Å²) in [6.45, 7) is 0. The molecule has 0 saturated carbocycles. The van der Waals surface area contributed by atoms with Gasteiger partial charge in [0.2, 0.25) is 0 Å². The van der Waals surface area contributed by atoms with E-state index in [4.69, 9.17) is 13.9 Å². The van der Waals surface area contributed by atoms with E-state index in [1.54, 1.807) is 31.1 Å². The van der Waals surface area contributed by atoms with Crippen molar-refractivity contribution in [3.8, 4) is 67.7 Å². The first kappa shape index (κ1) is 25.3. The average molecular weight is 604 g/mol. The molecule has 9 aromatic rings. The van der Waals surface area contributed by atoms with Crippen LogP contribution in [0.4, 0.5) is 0 Å². The first-order chi connectivity index (χ1) is 22.4. The van der Waals surface area contributed by atoms with Gasteiger partial charge in [-0.1, -0.05) is 11.2 Å². The van der Waals surface area contributed by atoms with Crippen molar-refractivity contribution in [2.24, 2.45) is 0 Å². The Bertz CT molecular complexity index is 2410. The summed E-state index contributed by atoms with van der Waals surface area (Å²) in [5.74, 6) is 0. The standard InChI is InChI=1S/C34H21N9OS/c1-2-15-43-16-8-20(26(43)7-1)33-31-27(21-5-3-11-36-21)29(23-10-18-45-42-23)28(22-9-17-44-41-22)30(25-19-35-13-14-37-25)32(31)34(39-33)24-6-4-12-38-40-24/h1-19,36,39H. The van der Waals surface area contributed by atoms with E-state index in [2.05, 4.69) is 59.1 Å². The molecule has 10 nitrogen and oxygen atoms in total. The van der Waals surface area contributed by atoms with Crippen LogP contribution >= 0.6 is 11.5 Å². The van der Waals surface area contributed by atoms with Crippen molar-refractivity contribution in [2.45, 2.75) is 0 Å². The third-order valence-electron chi connectivity index (χ3n) is 7.99. The maximum absolute atomic E-state index is 5.46. The zero-order chi connectivity index (χ0) is 29.7. The lowest BCUT2D eigenvalue weighted by molar-refractivity contribution is 0.422. The number of rotatable bonds is 6. The second-order valence-electron chi connectivity index (χ2n) is 10.4. The Morgan fingerprint density at radius 1 is 0.733 bits per heavy atom. The summed E-state index contributed by atoms with van der Waals surface area (Å²) in [5.41, 5.74) is 11.1. The minimum atomic E-state index is 0.649. The van der Waals surface area contributed by atoms with Crippen LogP contribution in [0.3, 0.4) is 0 Å². The molecule has 0 atom stereocenters. The monoisotopic (exact) mass is 603 g/mol. The molecule has 8 heterocycles. The first-order valence-electron chi connectivity index (χ1n) is 14.2. The highest BCUT2D eigenvalue weighted by Crippen LogP contribution is 2.54. The highest BCUT2D eigenvalue weighted by molar-refractivity contribution is 7.03. The number of fused-ring (bicyclic) bond motifs is 2. The molecular formula is C34H21N9OS. The van der Waals surface area contributed by atoms with Gasteiger partial charge in [-0.25, -0.2) is 0 Å². The average Bonchev–Trinajstić information content (AvgIpc) is 3.94. The zero-order valence-electron chi connectivity index (χ0n) is 23.4. The molecule has 0 aliphatic rings. The number of nitrogens with zero attached hydrogens (tertiary/aromatic N) is 7. The van der Waals surface area contributed by atoms with Gasteiger partial charge in [0.1, 0.15) is 17.7 Å². The Balaban J connectivity index is 1.59. The molecule has 0 aliphatic heterocycles. The van der Waals surface area contributed by atoms with Gasteiger partial charge in [0.25, 0.3) is 0 Å². The van der Waals surface area contributed by atoms with Gasteiger partial charge in [-0.05, 0) is 60.1 Å². The van der Waals surface area contributed by atoms with Crippen molar-refractivity contribution >= 4 is 27.8 Å². The predicted molar refractivity (Wildman–Crippen MR) is 173 cm³/mol. The Kier molecular flexibility index (Phi) is 5.74. The highest BCUT2D eigenvalue weighted by atomic mass is 32.1. The van der Waals surface area contributed by atoms with Crippen LogP contribution in [0.2, 0.25) is 0 Å². The molecule has 214 valence electrons. The van der Waals surface area contributed by atoms with Gasteiger partial charge >= 0.3 is 0 Å². The van der Waals surface area contributed by atoms with Gasteiger partial charge in [-0.3, -0.25) is 9.97 Å². The summed E-state index contributed by atoms with van der Waals surface area (Å²) in [6, 6.07) is 20.2. The minimum Gasteiger partial charge on any atom is -0.364 e. The molecule has 0 saturated heterocycles. The topological polar surface area (TPSA) is 126 Å².